The van der Waals surface area contributed by atoms with Gasteiger partial charge in [0.05, 0.1) is 0 Å². The topological polar surface area (TPSA) is 3.24 Å². The third kappa shape index (κ3) is 2.28. The van der Waals surface area contributed by atoms with Gasteiger partial charge in [0.2, 0.25) is 0 Å². The van der Waals surface area contributed by atoms with Crippen LogP contribution >= 0.6 is 11.6 Å². The number of alkyl halides is 3. The van der Waals surface area contributed by atoms with Gasteiger partial charge in [0.25, 0.3) is 5.92 Å². The van der Waals surface area contributed by atoms with Crippen molar-refractivity contribution >= 4 is 11.6 Å². The van der Waals surface area contributed by atoms with E-state index in [1.807, 2.05) is 0 Å². The summed E-state index contributed by atoms with van der Waals surface area (Å²) in [5.74, 6) is -1.92. The molecule has 0 radical (unpaired) electrons. The Kier molecular flexibility index (Phi) is 2.75. The summed E-state index contributed by atoms with van der Waals surface area (Å²) in [5, 5.41) is 0.129. The van der Waals surface area contributed by atoms with Gasteiger partial charge in [0.15, 0.2) is 0 Å². The smallest absolute Gasteiger partial charge is 0.255 e. The minimum atomic E-state index is -2.45. The van der Waals surface area contributed by atoms with Gasteiger partial charge in [0, 0.05) is 36.8 Å². The molecule has 0 aromatic carbocycles. The van der Waals surface area contributed by atoms with E-state index < -0.39 is 11.3 Å². The molecule has 2 aliphatic rings. The van der Waals surface area contributed by atoms with Crippen LogP contribution in [0, 0.1) is 11.3 Å². The quantitative estimate of drug-likeness (QED) is 0.668. The summed E-state index contributed by atoms with van der Waals surface area (Å²) in [5.41, 5.74) is -0.791. The Hall–Kier alpha value is 0.110. The SMILES string of the molecule is CC1CC(Cl)CN(CC2(C)CC2(F)F)C1. The molecule has 0 N–H and O–H groups in total. The molecule has 1 saturated heterocycles. The first-order valence-electron chi connectivity index (χ1n) is 5.57. The molecule has 0 amide bonds. The van der Waals surface area contributed by atoms with Crippen molar-refractivity contribution in [3.8, 4) is 0 Å². The molecule has 3 unspecified atom stereocenters. The molecule has 1 nitrogen and oxygen atoms in total. The van der Waals surface area contributed by atoms with E-state index >= 15 is 0 Å². The van der Waals surface area contributed by atoms with Crippen LogP contribution in [0.4, 0.5) is 8.78 Å². The summed E-state index contributed by atoms with van der Waals surface area (Å²) in [6.45, 7) is 5.98. The molecule has 1 aliphatic heterocycles. The van der Waals surface area contributed by atoms with Gasteiger partial charge in [-0.05, 0) is 12.3 Å². The van der Waals surface area contributed by atoms with E-state index in [2.05, 4.69) is 11.8 Å². The average molecular weight is 238 g/mol. The monoisotopic (exact) mass is 237 g/mol. The molecule has 0 spiro atoms. The Balaban J connectivity index is 1.90. The van der Waals surface area contributed by atoms with Crippen LogP contribution in [0.25, 0.3) is 0 Å². The summed E-state index contributed by atoms with van der Waals surface area (Å²) >= 11 is 6.10. The van der Waals surface area contributed by atoms with Gasteiger partial charge in [-0.1, -0.05) is 13.8 Å². The molecule has 2 fully saturated rings. The first-order valence-corrected chi connectivity index (χ1v) is 6.00. The number of halogens is 3. The summed E-state index contributed by atoms with van der Waals surface area (Å²) in [4.78, 5) is 2.10. The summed E-state index contributed by atoms with van der Waals surface area (Å²) < 4.78 is 26.1. The summed E-state index contributed by atoms with van der Waals surface area (Å²) in [6, 6.07) is 0. The van der Waals surface area contributed by atoms with Gasteiger partial charge in [-0.15, -0.1) is 11.6 Å². The molecule has 15 heavy (non-hydrogen) atoms. The lowest BCUT2D eigenvalue weighted by molar-refractivity contribution is 0.0457. The largest absolute Gasteiger partial charge is 0.301 e. The zero-order chi connectivity index (χ0) is 11.3. The van der Waals surface area contributed by atoms with Gasteiger partial charge in [-0.2, -0.15) is 0 Å². The number of likely N-dealkylation sites (tertiary alicyclic amines) is 1. The molecule has 0 bridgehead atoms. The van der Waals surface area contributed by atoms with Crippen LogP contribution in [0.5, 0.6) is 0 Å². The molecular weight excluding hydrogens is 220 g/mol. The van der Waals surface area contributed by atoms with Crippen molar-refractivity contribution in [2.45, 2.75) is 38.0 Å². The third-order valence-corrected chi connectivity index (χ3v) is 3.94. The second-order valence-corrected chi connectivity index (χ2v) is 6.19. The Labute approximate surface area is 94.8 Å². The van der Waals surface area contributed by atoms with Crippen LogP contribution < -0.4 is 0 Å². The van der Waals surface area contributed by atoms with E-state index in [0.29, 0.717) is 12.5 Å². The van der Waals surface area contributed by atoms with Gasteiger partial charge >= 0.3 is 0 Å². The zero-order valence-electron chi connectivity index (χ0n) is 9.27. The van der Waals surface area contributed by atoms with Crippen molar-refractivity contribution in [1.29, 1.82) is 0 Å². The molecule has 2 rings (SSSR count). The van der Waals surface area contributed by atoms with Crippen LogP contribution in [0.15, 0.2) is 0 Å². The Bertz CT molecular complexity index is 249. The lowest BCUT2D eigenvalue weighted by Gasteiger charge is -2.35. The number of hydrogen-bond acceptors (Lipinski definition) is 1. The molecule has 3 atom stereocenters. The highest BCUT2D eigenvalue weighted by atomic mass is 35.5. The number of rotatable bonds is 2. The second kappa shape index (κ2) is 3.56. The number of nitrogens with zero attached hydrogens (tertiary/aromatic N) is 1. The highest BCUT2D eigenvalue weighted by molar-refractivity contribution is 6.20. The fraction of sp³-hybridized carbons (Fsp3) is 1.00. The Morgan fingerprint density at radius 3 is 2.47 bits per heavy atom. The minimum absolute atomic E-state index is 0.0395. The molecule has 1 heterocycles. The van der Waals surface area contributed by atoms with E-state index in [-0.39, 0.29) is 11.8 Å². The Morgan fingerprint density at radius 1 is 1.40 bits per heavy atom. The maximum Gasteiger partial charge on any atom is 0.255 e. The number of hydrogen-bond donors (Lipinski definition) is 0. The molecule has 4 heteroatoms. The predicted octanol–water partition coefficient (Wildman–Crippen LogP) is 2.98. The van der Waals surface area contributed by atoms with E-state index in [1.165, 1.54) is 0 Å². The van der Waals surface area contributed by atoms with Crippen molar-refractivity contribution in [2.24, 2.45) is 11.3 Å². The zero-order valence-corrected chi connectivity index (χ0v) is 10.0. The van der Waals surface area contributed by atoms with E-state index in [0.717, 1.165) is 19.5 Å². The van der Waals surface area contributed by atoms with Crippen LogP contribution in [0.1, 0.15) is 26.7 Å². The number of piperidine rings is 1. The van der Waals surface area contributed by atoms with Gasteiger partial charge in [-0.3, -0.25) is 0 Å². The molecular formula is C11H18ClF2N. The second-order valence-electron chi connectivity index (χ2n) is 5.57. The van der Waals surface area contributed by atoms with Crippen LogP contribution in [-0.2, 0) is 0 Å². The maximum absolute atomic E-state index is 13.1. The van der Waals surface area contributed by atoms with E-state index in [4.69, 9.17) is 11.6 Å². The Morgan fingerprint density at radius 2 is 2.00 bits per heavy atom. The van der Waals surface area contributed by atoms with Crippen LogP contribution in [0.3, 0.4) is 0 Å². The molecule has 88 valence electrons. The summed E-state index contributed by atoms with van der Waals surface area (Å²) in [6.07, 6.45) is 1.04. The summed E-state index contributed by atoms with van der Waals surface area (Å²) in [7, 11) is 0. The normalized spacial score (nSPS) is 45.4. The molecule has 0 aromatic heterocycles. The van der Waals surface area contributed by atoms with Crippen molar-refractivity contribution in [3.63, 3.8) is 0 Å². The standard InChI is InChI=1S/C11H18ClF2N/c1-8-3-9(12)5-15(4-8)7-10(2)6-11(10,13)14/h8-9H,3-7H2,1-2H3. The third-order valence-electron chi connectivity index (χ3n) is 3.63. The van der Waals surface area contributed by atoms with E-state index in [1.54, 1.807) is 6.92 Å². The first kappa shape index (κ1) is 11.6. The lowest BCUT2D eigenvalue weighted by atomic mass is 9.98. The van der Waals surface area contributed by atoms with Crippen molar-refractivity contribution in [1.82, 2.24) is 4.90 Å². The first-order chi connectivity index (χ1) is 6.82. The average Bonchev–Trinajstić information content (AvgIpc) is 2.45. The maximum atomic E-state index is 13.1. The highest BCUT2D eigenvalue weighted by Crippen LogP contribution is 2.60. The minimum Gasteiger partial charge on any atom is -0.301 e. The lowest BCUT2D eigenvalue weighted by Crippen LogP contribution is -2.43. The highest BCUT2D eigenvalue weighted by Gasteiger charge is 2.68. The van der Waals surface area contributed by atoms with Crippen LogP contribution in [-0.4, -0.2) is 35.8 Å². The fourth-order valence-corrected chi connectivity index (χ4v) is 3.12. The van der Waals surface area contributed by atoms with Gasteiger partial charge in [-0.25, -0.2) is 8.78 Å². The van der Waals surface area contributed by atoms with E-state index in [9.17, 15) is 8.78 Å². The van der Waals surface area contributed by atoms with Crippen molar-refractivity contribution in [2.75, 3.05) is 19.6 Å². The van der Waals surface area contributed by atoms with Gasteiger partial charge < -0.3 is 4.90 Å². The fourth-order valence-electron chi connectivity index (χ4n) is 2.62. The van der Waals surface area contributed by atoms with Crippen molar-refractivity contribution in [3.05, 3.63) is 0 Å². The molecule has 0 aromatic rings. The molecule has 1 aliphatic carbocycles. The predicted molar refractivity (Wildman–Crippen MR) is 57.5 cm³/mol. The van der Waals surface area contributed by atoms with Crippen LogP contribution in [0.2, 0.25) is 0 Å². The molecule has 1 saturated carbocycles. The van der Waals surface area contributed by atoms with Gasteiger partial charge in [0.1, 0.15) is 0 Å². The van der Waals surface area contributed by atoms with Crippen molar-refractivity contribution < 1.29 is 8.78 Å².